The highest BCUT2D eigenvalue weighted by molar-refractivity contribution is 5.33. The Morgan fingerprint density at radius 1 is 1.16 bits per heavy atom. The number of halogens is 3. The van der Waals surface area contributed by atoms with Gasteiger partial charge in [0.1, 0.15) is 5.75 Å². The van der Waals surface area contributed by atoms with Crippen molar-refractivity contribution in [2.45, 2.75) is 12.4 Å². The van der Waals surface area contributed by atoms with E-state index >= 15 is 0 Å². The van der Waals surface area contributed by atoms with Gasteiger partial charge in [0.25, 0.3) is 0 Å². The normalized spacial score (nSPS) is 13.3. The molecule has 0 spiro atoms. The molecule has 19 heavy (non-hydrogen) atoms. The lowest BCUT2D eigenvalue weighted by Crippen LogP contribution is -2.18. The van der Waals surface area contributed by atoms with E-state index in [4.69, 9.17) is 5.73 Å². The average molecular weight is 270 g/mol. The van der Waals surface area contributed by atoms with Crippen molar-refractivity contribution in [2.75, 3.05) is 0 Å². The van der Waals surface area contributed by atoms with Crippen LogP contribution in [0.1, 0.15) is 17.3 Å². The number of rotatable bonds is 3. The monoisotopic (exact) mass is 270 g/mol. The van der Waals surface area contributed by atoms with Gasteiger partial charge in [-0.15, -0.1) is 13.2 Å². The molecule has 0 saturated carbocycles. The molecule has 0 saturated heterocycles. The second kappa shape index (κ2) is 4.97. The first-order valence-electron chi connectivity index (χ1n) is 5.59. The summed E-state index contributed by atoms with van der Waals surface area (Å²) in [7, 11) is 1.86. The minimum atomic E-state index is -4.68. The smallest absolute Gasteiger partial charge is 0.406 e. The van der Waals surface area contributed by atoms with Crippen molar-refractivity contribution in [3.8, 4) is 5.75 Å². The quantitative estimate of drug-likeness (QED) is 0.931. The number of benzene rings is 1. The van der Waals surface area contributed by atoms with Crippen molar-refractivity contribution >= 4 is 0 Å². The summed E-state index contributed by atoms with van der Waals surface area (Å²) in [6.45, 7) is 0. The first kappa shape index (κ1) is 13.5. The highest BCUT2D eigenvalue weighted by Gasteiger charge is 2.31. The van der Waals surface area contributed by atoms with E-state index in [0.717, 1.165) is 11.3 Å². The lowest BCUT2D eigenvalue weighted by molar-refractivity contribution is -0.274. The topological polar surface area (TPSA) is 40.2 Å². The van der Waals surface area contributed by atoms with Crippen LogP contribution in [0.4, 0.5) is 13.2 Å². The van der Waals surface area contributed by atoms with E-state index in [-0.39, 0.29) is 11.8 Å². The number of nitrogens with two attached hydrogens (primary N) is 1. The summed E-state index contributed by atoms with van der Waals surface area (Å²) >= 11 is 0. The molecule has 2 aromatic rings. The molecule has 0 aliphatic rings. The Labute approximate surface area is 108 Å². The maximum Gasteiger partial charge on any atom is 0.573 e. The molecule has 0 unspecified atom stereocenters. The maximum absolute atomic E-state index is 12.0. The number of ether oxygens (including phenoxy) is 1. The van der Waals surface area contributed by atoms with Crippen LogP contribution in [0.25, 0.3) is 0 Å². The van der Waals surface area contributed by atoms with Crippen LogP contribution in [0.5, 0.6) is 5.75 Å². The van der Waals surface area contributed by atoms with E-state index in [1.807, 2.05) is 29.9 Å². The van der Waals surface area contributed by atoms with E-state index in [0.29, 0.717) is 0 Å². The molecule has 0 aliphatic heterocycles. The zero-order valence-electron chi connectivity index (χ0n) is 10.2. The van der Waals surface area contributed by atoms with E-state index in [1.165, 1.54) is 24.3 Å². The molecule has 3 nitrogen and oxygen atoms in total. The molecule has 1 atom stereocenters. The molecule has 1 heterocycles. The van der Waals surface area contributed by atoms with Gasteiger partial charge in [0.2, 0.25) is 0 Å². The summed E-state index contributed by atoms with van der Waals surface area (Å²) in [4.78, 5) is 0. The Bertz CT molecular complexity index is 546. The maximum atomic E-state index is 12.0. The van der Waals surface area contributed by atoms with Crippen molar-refractivity contribution in [3.63, 3.8) is 0 Å². The van der Waals surface area contributed by atoms with Gasteiger partial charge >= 0.3 is 6.36 Å². The van der Waals surface area contributed by atoms with Crippen LogP contribution in [0.2, 0.25) is 0 Å². The van der Waals surface area contributed by atoms with Crippen molar-refractivity contribution in [1.29, 1.82) is 0 Å². The Hall–Kier alpha value is -1.95. The first-order valence-corrected chi connectivity index (χ1v) is 5.59. The van der Waals surface area contributed by atoms with Gasteiger partial charge in [0, 0.05) is 18.9 Å². The molecule has 0 bridgehead atoms. The van der Waals surface area contributed by atoms with Gasteiger partial charge in [-0.25, -0.2) is 0 Å². The summed E-state index contributed by atoms with van der Waals surface area (Å²) < 4.78 is 41.7. The Morgan fingerprint density at radius 2 is 1.79 bits per heavy atom. The van der Waals surface area contributed by atoms with Crippen LogP contribution in [-0.4, -0.2) is 10.9 Å². The van der Waals surface area contributed by atoms with Gasteiger partial charge in [-0.05, 0) is 29.8 Å². The zero-order valence-corrected chi connectivity index (χ0v) is 10.2. The minimum Gasteiger partial charge on any atom is -0.406 e. The number of hydrogen-bond acceptors (Lipinski definition) is 2. The number of aryl methyl sites for hydroxylation is 1. The second-order valence-corrected chi connectivity index (χ2v) is 4.14. The molecule has 6 heteroatoms. The number of aromatic nitrogens is 1. The van der Waals surface area contributed by atoms with Gasteiger partial charge in [-0.2, -0.15) is 0 Å². The average Bonchev–Trinajstić information content (AvgIpc) is 2.73. The highest BCUT2D eigenvalue weighted by atomic mass is 19.4. The second-order valence-electron chi connectivity index (χ2n) is 4.14. The Morgan fingerprint density at radius 3 is 2.26 bits per heavy atom. The highest BCUT2D eigenvalue weighted by Crippen LogP contribution is 2.25. The van der Waals surface area contributed by atoms with Gasteiger partial charge in [0.05, 0.1) is 6.04 Å². The zero-order chi connectivity index (χ0) is 14.0. The standard InChI is InChI=1S/C13H13F3N2O/c1-18-8-2-3-11(18)12(17)9-4-6-10(7-5-9)19-13(14,15)16/h2-8,12H,17H2,1H3/t12-/m1/s1. The molecule has 0 radical (unpaired) electrons. The van der Waals surface area contributed by atoms with Gasteiger partial charge in [-0.1, -0.05) is 12.1 Å². The fourth-order valence-electron chi connectivity index (χ4n) is 1.85. The van der Waals surface area contributed by atoms with Crippen LogP contribution in [0.15, 0.2) is 42.6 Å². The lowest BCUT2D eigenvalue weighted by Gasteiger charge is -2.14. The SMILES string of the molecule is Cn1cccc1[C@H](N)c1ccc(OC(F)(F)F)cc1. The predicted molar refractivity (Wildman–Crippen MR) is 64.6 cm³/mol. The Kier molecular flexibility index (Phi) is 3.53. The fraction of sp³-hybridized carbons (Fsp3) is 0.231. The largest absolute Gasteiger partial charge is 0.573 e. The number of nitrogens with zero attached hydrogens (tertiary/aromatic N) is 1. The number of hydrogen-bond donors (Lipinski definition) is 1. The molecule has 1 aromatic carbocycles. The number of alkyl halides is 3. The van der Waals surface area contributed by atoms with Gasteiger partial charge < -0.3 is 15.0 Å². The van der Waals surface area contributed by atoms with Crippen molar-refractivity contribution in [3.05, 3.63) is 53.9 Å². The summed E-state index contributed by atoms with van der Waals surface area (Å²) in [6.07, 6.45) is -2.82. The summed E-state index contributed by atoms with van der Waals surface area (Å²) in [6, 6.07) is 8.90. The molecular formula is C13H13F3N2O. The summed E-state index contributed by atoms with van der Waals surface area (Å²) in [5.74, 6) is -0.254. The van der Waals surface area contributed by atoms with E-state index in [9.17, 15) is 13.2 Å². The van der Waals surface area contributed by atoms with Crippen LogP contribution >= 0.6 is 0 Å². The van der Waals surface area contributed by atoms with Crippen molar-refractivity contribution < 1.29 is 17.9 Å². The van der Waals surface area contributed by atoms with Crippen LogP contribution in [0, 0.1) is 0 Å². The molecule has 102 valence electrons. The third-order valence-electron chi connectivity index (χ3n) is 2.78. The van der Waals surface area contributed by atoms with Crippen LogP contribution < -0.4 is 10.5 Å². The van der Waals surface area contributed by atoms with Gasteiger partial charge in [-0.3, -0.25) is 0 Å². The van der Waals surface area contributed by atoms with Crippen LogP contribution in [-0.2, 0) is 7.05 Å². The minimum absolute atomic E-state index is 0.254. The third-order valence-corrected chi connectivity index (χ3v) is 2.78. The lowest BCUT2D eigenvalue weighted by atomic mass is 10.0. The molecule has 1 aromatic heterocycles. The van der Waals surface area contributed by atoms with E-state index in [2.05, 4.69) is 4.74 Å². The third kappa shape index (κ3) is 3.29. The Balaban J connectivity index is 2.17. The van der Waals surface area contributed by atoms with Gasteiger partial charge in [0.15, 0.2) is 0 Å². The fourth-order valence-corrected chi connectivity index (χ4v) is 1.85. The van der Waals surface area contributed by atoms with E-state index < -0.39 is 6.36 Å². The molecule has 0 fully saturated rings. The summed E-state index contributed by atoms with van der Waals surface area (Å²) in [5.41, 5.74) is 7.65. The molecule has 2 rings (SSSR count). The first-order chi connectivity index (χ1) is 8.87. The van der Waals surface area contributed by atoms with Crippen molar-refractivity contribution in [1.82, 2.24) is 4.57 Å². The molecule has 0 aliphatic carbocycles. The van der Waals surface area contributed by atoms with E-state index in [1.54, 1.807) is 0 Å². The molecule has 2 N–H and O–H groups in total. The van der Waals surface area contributed by atoms with Crippen molar-refractivity contribution in [2.24, 2.45) is 12.8 Å². The molecule has 0 amide bonds. The molecular weight excluding hydrogens is 257 g/mol. The summed E-state index contributed by atoms with van der Waals surface area (Å²) in [5, 5.41) is 0. The predicted octanol–water partition coefficient (Wildman–Crippen LogP) is 2.97. The van der Waals surface area contributed by atoms with Crippen LogP contribution in [0.3, 0.4) is 0 Å².